The molecule has 3 N–H and O–H groups in total. The molecule has 2 aromatic rings. The van der Waals surface area contributed by atoms with Gasteiger partial charge in [0.25, 0.3) is 0 Å². The molecule has 27 heavy (non-hydrogen) atoms. The highest BCUT2D eigenvalue weighted by Crippen LogP contribution is 2.32. The van der Waals surface area contributed by atoms with Gasteiger partial charge >= 0.3 is 0 Å². The molecule has 0 amide bonds. The molecule has 1 heterocycles. The van der Waals surface area contributed by atoms with Crippen LogP contribution in [0.15, 0.2) is 47.5 Å². The van der Waals surface area contributed by atoms with Crippen LogP contribution in [-0.4, -0.2) is 26.0 Å². The van der Waals surface area contributed by atoms with Gasteiger partial charge in [-0.05, 0) is 42.3 Å². The van der Waals surface area contributed by atoms with E-state index in [1.165, 1.54) is 11.3 Å². The van der Waals surface area contributed by atoms with Crippen molar-refractivity contribution in [1.82, 2.24) is 5.32 Å². The fourth-order valence-corrected chi connectivity index (χ4v) is 2.60. The fraction of sp³-hybridized carbons (Fsp3) is 0.316. The predicted molar refractivity (Wildman–Crippen MR) is 121 cm³/mol. The maximum atomic E-state index is 5.86. The van der Waals surface area contributed by atoms with Crippen molar-refractivity contribution in [3.8, 4) is 5.75 Å². The molecule has 1 unspecified atom stereocenters. The lowest BCUT2D eigenvalue weighted by Crippen LogP contribution is -2.33. The van der Waals surface area contributed by atoms with Crippen LogP contribution in [0.25, 0.3) is 0 Å². The van der Waals surface area contributed by atoms with Crippen LogP contribution in [-0.2, 0) is 13.1 Å². The van der Waals surface area contributed by atoms with E-state index in [2.05, 4.69) is 45.5 Å². The van der Waals surface area contributed by atoms with Crippen LogP contribution in [0.5, 0.6) is 5.75 Å². The van der Waals surface area contributed by atoms with Crippen molar-refractivity contribution < 1.29 is 4.74 Å². The number of ether oxygens (including phenoxy) is 1. The van der Waals surface area contributed by atoms with Crippen LogP contribution in [0.4, 0.5) is 11.4 Å². The summed E-state index contributed by atoms with van der Waals surface area (Å²) < 4.78 is 5.72. The summed E-state index contributed by atoms with van der Waals surface area (Å²) in [6.45, 7) is 3.50. The zero-order chi connectivity index (χ0) is 17.1. The molecular formula is C19H27Cl3N4O. The molecule has 1 aliphatic rings. The molecule has 8 heteroatoms. The summed E-state index contributed by atoms with van der Waals surface area (Å²) >= 11 is 0. The van der Waals surface area contributed by atoms with Gasteiger partial charge in [0.2, 0.25) is 0 Å². The monoisotopic (exact) mass is 432 g/mol. The highest BCUT2D eigenvalue weighted by Gasteiger charge is 2.18. The van der Waals surface area contributed by atoms with Crippen molar-refractivity contribution in [2.24, 2.45) is 10.7 Å². The van der Waals surface area contributed by atoms with E-state index in [0.717, 1.165) is 30.1 Å². The number of hydrogen-bond donors (Lipinski definition) is 2. The first-order valence-corrected chi connectivity index (χ1v) is 8.13. The molecule has 0 radical (unpaired) electrons. The summed E-state index contributed by atoms with van der Waals surface area (Å²) in [4.78, 5) is 6.51. The number of aliphatic imine (C=N–C) groups is 1. The van der Waals surface area contributed by atoms with E-state index in [9.17, 15) is 0 Å². The van der Waals surface area contributed by atoms with Crippen LogP contribution in [0.1, 0.15) is 18.1 Å². The molecule has 2 aromatic carbocycles. The Bertz CT molecular complexity index is 751. The number of benzene rings is 2. The number of rotatable bonds is 5. The van der Waals surface area contributed by atoms with Crippen LogP contribution >= 0.6 is 37.2 Å². The van der Waals surface area contributed by atoms with E-state index in [1.54, 1.807) is 0 Å². The second-order valence-electron chi connectivity index (χ2n) is 6.26. The van der Waals surface area contributed by atoms with Gasteiger partial charge in [-0.2, -0.15) is 0 Å². The van der Waals surface area contributed by atoms with Gasteiger partial charge in [-0.3, -0.25) is 0 Å². The Morgan fingerprint density at radius 3 is 2.22 bits per heavy atom. The molecule has 0 saturated heterocycles. The molecule has 1 aliphatic heterocycles. The van der Waals surface area contributed by atoms with E-state index < -0.39 is 0 Å². The van der Waals surface area contributed by atoms with Crippen molar-refractivity contribution >= 4 is 54.4 Å². The van der Waals surface area contributed by atoms with Crippen LogP contribution < -0.4 is 20.7 Å². The molecule has 0 aliphatic carbocycles. The molecule has 150 valence electrons. The smallest absolute Gasteiger partial charge is 0.153 e. The molecule has 0 fully saturated rings. The van der Waals surface area contributed by atoms with Crippen LogP contribution in [0.3, 0.4) is 0 Å². The summed E-state index contributed by atoms with van der Waals surface area (Å²) in [5, 5.41) is 3.46. The van der Waals surface area contributed by atoms with Crippen molar-refractivity contribution in [2.45, 2.75) is 26.1 Å². The Hall–Kier alpha value is -1.66. The lowest BCUT2D eigenvalue weighted by atomic mass is 10.1. The largest absolute Gasteiger partial charge is 0.481 e. The third kappa shape index (κ3) is 6.47. The molecule has 5 nitrogen and oxygen atoms in total. The number of fused-ring (bicyclic) bond motifs is 1. The summed E-state index contributed by atoms with van der Waals surface area (Å²) in [6.07, 6.45) is -0.161. The first-order chi connectivity index (χ1) is 11.5. The fourth-order valence-electron chi connectivity index (χ4n) is 2.60. The number of nitrogens with zero attached hydrogens (tertiary/aromatic N) is 2. The molecule has 0 bridgehead atoms. The average molecular weight is 434 g/mol. The normalized spacial score (nSPS) is 14.3. The van der Waals surface area contributed by atoms with E-state index in [1.807, 2.05) is 33.2 Å². The van der Waals surface area contributed by atoms with E-state index in [0.29, 0.717) is 5.84 Å². The Labute approximate surface area is 179 Å². The molecular weight excluding hydrogens is 407 g/mol. The van der Waals surface area contributed by atoms with Gasteiger partial charge in [0.05, 0.1) is 0 Å². The number of nitrogens with one attached hydrogen (secondary N) is 1. The Kier molecular flexibility index (Phi) is 10.6. The van der Waals surface area contributed by atoms with Gasteiger partial charge in [0.1, 0.15) is 17.3 Å². The van der Waals surface area contributed by atoms with E-state index >= 15 is 0 Å². The summed E-state index contributed by atoms with van der Waals surface area (Å²) in [5.74, 6) is 1.31. The standard InChI is InChI=1S/C19H24N4O.3ClH/c1-13-19(20)22-17-10-15(6-9-18(17)24-13)12-21-11-14-4-7-16(8-5-14)23(2)3;;;/h4-10,13,21H,11-12H2,1-3H3,(H2,20,22);3*1H. The highest BCUT2D eigenvalue weighted by molar-refractivity contribution is 5.89. The SMILES string of the molecule is CC1Oc2ccc(CNCc3ccc(N(C)C)cc3)cc2N=C1N.Cl.Cl.Cl. The Morgan fingerprint density at radius 2 is 1.59 bits per heavy atom. The molecule has 0 aromatic heterocycles. The topological polar surface area (TPSA) is 62.9 Å². The minimum absolute atomic E-state index is 0. The molecule has 3 rings (SSSR count). The minimum atomic E-state index is -0.161. The molecule has 0 spiro atoms. The molecule has 0 saturated carbocycles. The van der Waals surface area contributed by atoms with Crippen LogP contribution in [0.2, 0.25) is 0 Å². The second-order valence-corrected chi connectivity index (χ2v) is 6.26. The third-order valence-corrected chi connectivity index (χ3v) is 4.10. The predicted octanol–water partition coefficient (Wildman–Crippen LogP) is 4.08. The number of halogens is 3. The van der Waals surface area contributed by atoms with Crippen molar-refractivity contribution in [1.29, 1.82) is 0 Å². The third-order valence-electron chi connectivity index (χ3n) is 4.10. The maximum Gasteiger partial charge on any atom is 0.153 e. The first-order valence-electron chi connectivity index (χ1n) is 8.13. The lowest BCUT2D eigenvalue weighted by molar-refractivity contribution is 0.281. The van der Waals surface area contributed by atoms with Gasteiger partial charge < -0.3 is 20.7 Å². The van der Waals surface area contributed by atoms with E-state index in [-0.39, 0.29) is 43.3 Å². The number of nitrogens with two attached hydrogens (primary N) is 1. The van der Waals surface area contributed by atoms with Gasteiger partial charge in [-0.15, -0.1) is 37.2 Å². The van der Waals surface area contributed by atoms with Crippen LogP contribution in [0, 0.1) is 0 Å². The first kappa shape index (κ1) is 25.3. The highest BCUT2D eigenvalue weighted by atomic mass is 35.5. The maximum absolute atomic E-state index is 5.86. The zero-order valence-electron chi connectivity index (χ0n) is 15.6. The number of hydrogen-bond acceptors (Lipinski definition) is 5. The Morgan fingerprint density at radius 1 is 1.00 bits per heavy atom. The van der Waals surface area contributed by atoms with Gasteiger partial charge in [0.15, 0.2) is 6.10 Å². The number of anilines is 1. The quantitative estimate of drug-likeness (QED) is 0.746. The van der Waals surface area contributed by atoms with E-state index in [4.69, 9.17) is 10.5 Å². The van der Waals surface area contributed by atoms with Gasteiger partial charge in [0, 0.05) is 32.9 Å². The number of amidine groups is 1. The minimum Gasteiger partial charge on any atom is -0.481 e. The Balaban J connectivity index is 0.00000225. The summed E-state index contributed by atoms with van der Waals surface area (Å²) in [7, 11) is 4.09. The molecule has 1 atom stereocenters. The van der Waals surface area contributed by atoms with Crippen molar-refractivity contribution in [3.63, 3.8) is 0 Å². The van der Waals surface area contributed by atoms with Crippen molar-refractivity contribution in [3.05, 3.63) is 53.6 Å². The lowest BCUT2D eigenvalue weighted by Gasteiger charge is -2.21. The van der Waals surface area contributed by atoms with Crippen molar-refractivity contribution in [2.75, 3.05) is 19.0 Å². The second kappa shape index (κ2) is 11.2. The zero-order valence-corrected chi connectivity index (χ0v) is 18.1. The van der Waals surface area contributed by atoms with Gasteiger partial charge in [-0.1, -0.05) is 18.2 Å². The summed E-state index contributed by atoms with van der Waals surface area (Å²) in [6, 6.07) is 14.6. The average Bonchev–Trinajstić information content (AvgIpc) is 2.56. The summed E-state index contributed by atoms with van der Waals surface area (Å²) in [5.41, 5.74) is 10.3. The van der Waals surface area contributed by atoms with Gasteiger partial charge in [-0.25, -0.2) is 4.99 Å².